The van der Waals surface area contributed by atoms with Gasteiger partial charge in [0.15, 0.2) is 5.13 Å². The summed E-state index contributed by atoms with van der Waals surface area (Å²) in [6, 6.07) is 9.88. The third-order valence-electron chi connectivity index (χ3n) is 3.79. The van der Waals surface area contributed by atoms with Crippen LogP contribution < -0.4 is 4.90 Å². The molecule has 0 aliphatic heterocycles. The van der Waals surface area contributed by atoms with E-state index < -0.39 is 5.82 Å². The first kappa shape index (κ1) is 18.3. The number of para-hydroxylation sites is 1. The van der Waals surface area contributed by atoms with E-state index in [1.165, 1.54) is 28.4 Å². The highest BCUT2D eigenvalue weighted by molar-refractivity contribution is 7.22. The van der Waals surface area contributed by atoms with E-state index in [4.69, 9.17) is 23.2 Å². The highest BCUT2D eigenvalue weighted by Crippen LogP contribution is 2.36. The lowest BCUT2D eigenvalue weighted by Gasteiger charge is -2.19. The zero-order valence-corrected chi connectivity index (χ0v) is 16.7. The van der Waals surface area contributed by atoms with Crippen LogP contribution in [0, 0.1) is 5.82 Å². The molecule has 4 aromatic rings. The van der Waals surface area contributed by atoms with E-state index >= 15 is 0 Å². The number of amides is 1. The summed E-state index contributed by atoms with van der Waals surface area (Å²) < 4.78 is 15.4. The van der Waals surface area contributed by atoms with Crippen LogP contribution in [0.5, 0.6) is 0 Å². The Kier molecular flexibility index (Phi) is 5.10. The lowest BCUT2D eigenvalue weighted by Crippen LogP contribution is -2.30. The molecule has 0 unspecified atom stereocenters. The van der Waals surface area contributed by atoms with Crippen LogP contribution in [-0.4, -0.2) is 15.9 Å². The Hall–Kier alpha value is -2.06. The molecule has 1 aromatic carbocycles. The Balaban J connectivity index is 1.80. The predicted molar refractivity (Wildman–Crippen MR) is 109 cm³/mol. The summed E-state index contributed by atoms with van der Waals surface area (Å²) in [5, 5.41) is 0.377. The molecule has 0 atom stereocenters. The number of pyridine rings is 1. The van der Waals surface area contributed by atoms with Gasteiger partial charge in [0.05, 0.1) is 21.1 Å². The molecule has 136 valence electrons. The fourth-order valence-electron chi connectivity index (χ4n) is 2.55. The number of aromatic nitrogens is 2. The number of rotatable bonds is 4. The van der Waals surface area contributed by atoms with Gasteiger partial charge in [0, 0.05) is 12.4 Å². The van der Waals surface area contributed by atoms with Crippen molar-refractivity contribution in [3.05, 3.63) is 74.4 Å². The highest BCUT2D eigenvalue weighted by atomic mass is 35.5. The minimum atomic E-state index is -0.430. The number of nitrogens with zero attached hydrogens (tertiary/aromatic N) is 3. The second kappa shape index (κ2) is 7.52. The number of thiazole rings is 1. The molecule has 3 heterocycles. The largest absolute Gasteiger partial charge is 0.279 e. The summed E-state index contributed by atoms with van der Waals surface area (Å²) in [6.45, 7) is 0.220. The van der Waals surface area contributed by atoms with Crippen molar-refractivity contribution in [1.82, 2.24) is 9.97 Å². The average molecular weight is 438 g/mol. The van der Waals surface area contributed by atoms with E-state index in [0.717, 1.165) is 16.9 Å². The Bertz CT molecular complexity index is 1130. The van der Waals surface area contributed by atoms with Gasteiger partial charge in [0.2, 0.25) is 0 Å². The quantitative estimate of drug-likeness (QED) is 0.390. The van der Waals surface area contributed by atoms with Crippen LogP contribution in [0.4, 0.5) is 9.52 Å². The summed E-state index contributed by atoms with van der Waals surface area (Å²) in [7, 11) is 0. The summed E-state index contributed by atoms with van der Waals surface area (Å²) in [5.41, 5.74) is 1.33. The molecular weight excluding hydrogens is 428 g/mol. The number of carbonyl (C=O) groups is 1. The van der Waals surface area contributed by atoms with Crippen molar-refractivity contribution in [2.24, 2.45) is 0 Å². The topological polar surface area (TPSA) is 46.1 Å². The molecule has 0 saturated heterocycles. The second-order valence-electron chi connectivity index (χ2n) is 5.57. The first-order valence-electron chi connectivity index (χ1n) is 7.73. The smallest absolute Gasteiger partial charge is 0.262 e. The molecule has 0 N–H and O–H groups in total. The van der Waals surface area contributed by atoms with Gasteiger partial charge in [-0.25, -0.2) is 9.37 Å². The minimum Gasteiger partial charge on any atom is -0.279 e. The van der Waals surface area contributed by atoms with Crippen molar-refractivity contribution in [3.8, 4) is 0 Å². The molecular formula is C18H10Cl2FN3OS2. The van der Waals surface area contributed by atoms with Crippen molar-refractivity contribution in [1.29, 1.82) is 0 Å². The molecule has 4 rings (SSSR count). The van der Waals surface area contributed by atoms with Crippen LogP contribution >= 0.6 is 45.9 Å². The molecule has 27 heavy (non-hydrogen) atoms. The van der Waals surface area contributed by atoms with Crippen molar-refractivity contribution in [2.45, 2.75) is 6.54 Å². The van der Waals surface area contributed by atoms with Crippen molar-refractivity contribution in [3.63, 3.8) is 0 Å². The molecule has 4 nitrogen and oxygen atoms in total. The third kappa shape index (κ3) is 3.68. The fourth-order valence-corrected chi connectivity index (χ4v) is 4.98. The fraction of sp³-hybridized carbons (Fsp3) is 0.0556. The van der Waals surface area contributed by atoms with E-state index in [9.17, 15) is 9.18 Å². The van der Waals surface area contributed by atoms with Gasteiger partial charge in [0.25, 0.3) is 5.91 Å². The van der Waals surface area contributed by atoms with E-state index in [1.807, 2.05) is 6.07 Å². The lowest BCUT2D eigenvalue weighted by molar-refractivity contribution is 0.0985. The van der Waals surface area contributed by atoms with Gasteiger partial charge in [-0.15, -0.1) is 11.3 Å². The molecule has 0 saturated carbocycles. The highest BCUT2D eigenvalue weighted by Gasteiger charge is 2.25. The summed E-state index contributed by atoms with van der Waals surface area (Å²) in [6.07, 6.45) is 3.31. The van der Waals surface area contributed by atoms with Crippen LogP contribution in [0.2, 0.25) is 8.67 Å². The van der Waals surface area contributed by atoms with Crippen LogP contribution in [0.25, 0.3) is 10.2 Å². The van der Waals surface area contributed by atoms with Crippen LogP contribution in [0.1, 0.15) is 15.9 Å². The second-order valence-corrected chi connectivity index (χ2v) is 8.87. The van der Waals surface area contributed by atoms with E-state index in [2.05, 4.69) is 9.97 Å². The molecule has 0 aliphatic carbocycles. The van der Waals surface area contributed by atoms with Crippen molar-refractivity contribution >= 4 is 67.1 Å². The van der Waals surface area contributed by atoms with Gasteiger partial charge >= 0.3 is 0 Å². The SMILES string of the molecule is O=C(c1cc(Cl)sc1Cl)N(Cc1cccnc1)c1nc2c(F)cccc2s1. The maximum absolute atomic E-state index is 14.1. The third-order valence-corrected chi connectivity index (χ3v) is 6.32. The molecule has 1 amide bonds. The van der Waals surface area contributed by atoms with E-state index in [0.29, 0.717) is 18.5 Å². The van der Waals surface area contributed by atoms with Gasteiger partial charge in [-0.05, 0) is 29.8 Å². The summed E-state index contributed by atoms with van der Waals surface area (Å²) >= 11 is 14.5. The number of fused-ring (bicyclic) bond motifs is 1. The number of thiophene rings is 1. The number of hydrogen-bond donors (Lipinski definition) is 0. The van der Waals surface area contributed by atoms with Gasteiger partial charge in [-0.3, -0.25) is 14.7 Å². The molecule has 0 spiro atoms. The van der Waals surface area contributed by atoms with Gasteiger partial charge in [-0.2, -0.15) is 0 Å². The predicted octanol–water partition coefficient (Wildman–Crippen LogP) is 6.05. The summed E-state index contributed by atoms with van der Waals surface area (Å²) in [5.74, 6) is -0.785. The normalized spacial score (nSPS) is 11.1. The molecule has 0 aliphatic rings. The summed E-state index contributed by atoms with van der Waals surface area (Å²) in [4.78, 5) is 23.1. The number of halogens is 3. The van der Waals surface area contributed by atoms with E-state index in [1.54, 1.807) is 30.6 Å². The molecule has 3 aromatic heterocycles. The Morgan fingerprint density at radius 2 is 2.04 bits per heavy atom. The zero-order chi connectivity index (χ0) is 19.0. The van der Waals surface area contributed by atoms with Crippen LogP contribution in [0.15, 0.2) is 48.8 Å². The van der Waals surface area contributed by atoms with Crippen LogP contribution in [0.3, 0.4) is 0 Å². The van der Waals surface area contributed by atoms with Crippen molar-refractivity contribution in [2.75, 3.05) is 4.90 Å². The maximum Gasteiger partial charge on any atom is 0.262 e. The number of anilines is 1. The first-order valence-corrected chi connectivity index (χ1v) is 10.1. The van der Waals surface area contributed by atoms with Crippen molar-refractivity contribution < 1.29 is 9.18 Å². The monoisotopic (exact) mass is 437 g/mol. The van der Waals surface area contributed by atoms with Gasteiger partial charge in [0.1, 0.15) is 15.7 Å². The maximum atomic E-state index is 14.1. The van der Waals surface area contributed by atoms with E-state index in [-0.39, 0.29) is 23.5 Å². The van der Waals surface area contributed by atoms with Gasteiger partial charge < -0.3 is 0 Å². The lowest BCUT2D eigenvalue weighted by atomic mass is 10.2. The first-order chi connectivity index (χ1) is 13.0. The standard InChI is InChI=1S/C18H10Cl2FN3OS2/c19-14-7-11(16(20)27-14)17(25)24(9-10-3-2-6-22-8-10)18-23-15-12(21)4-1-5-13(15)26-18/h1-8H,9H2. The Labute approximate surface area is 171 Å². The Morgan fingerprint density at radius 1 is 1.19 bits per heavy atom. The van der Waals surface area contributed by atoms with Crippen LogP contribution in [-0.2, 0) is 6.54 Å². The number of benzene rings is 1. The molecule has 9 heteroatoms. The number of hydrogen-bond acceptors (Lipinski definition) is 5. The zero-order valence-electron chi connectivity index (χ0n) is 13.5. The molecule has 0 radical (unpaired) electrons. The minimum absolute atomic E-state index is 0.220. The molecule has 0 bridgehead atoms. The van der Waals surface area contributed by atoms with Gasteiger partial charge in [-0.1, -0.05) is 46.7 Å². The molecule has 0 fully saturated rings. The Morgan fingerprint density at radius 3 is 2.70 bits per heavy atom. The number of carbonyl (C=O) groups excluding carboxylic acids is 1. The average Bonchev–Trinajstić information content (AvgIpc) is 3.23.